The molecule has 258 valence electrons. The van der Waals surface area contributed by atoms with Gasteiger partial charge >= 0.3 is 0 Å². The van der Waals surface area contributed by atoms with E-state index in [4.69, 9.17) is 23.2 Å². The maximum atomic E-state index is 8.76. The Morgan fingerprint density at radius 3 is 0.302 bits per heavy atom. The number of benzene rings is 18. The molecule has 1 saturated carbocycles. The summed E-state index contributed by atoms with van der Waals surface area (Å²) < 4.78 is -1.01. The highest BCUT2D eigenvalue weighted by molar-refractivity contribution is 6.83. The number of hydrogen-bond donors (Lipinski definition) is 0. The smallest absolute Gasteiger partial charge is 0.0988 e. The molecule has 0 amide bonds. The molecular weight excluding hydrogens is 804 g/mol. The van der Waals surface area contributed by atoms with Gasteiger partial charge in [-0.15, -0.1) is 0 Å². The molecule has 0 radical (unpaired) electrons. The van der Waals surface area contributed by atoms with Crippen molar-refractivity contribution >= 4 is 314 Å². The largest absolute Gasteiger partial charge is 0.148 e. The van der Waals surface area contributed by atoms with Crippen molar-refractivity contribution in [2.45, 2.75) is 15.2 Å². The Labute approximate surface area is 349 Å². The molecule has 0 nitrogen and oxygen atoms in total. The van der Waals surface area contributed by atoms with Gasteiger partial charge in [-0.25, -0.2) is 0 Å². The van der Waals surface area contributed by atoms with E-state index >= 15 is 0 Å². The predicted octanol–water partition coefficient (Wildman–Crippen LogP) is 17.5. The molecule has 28 aromatic carbocycles. The van der Waals surface area contributed by atoms with Crippen LogP contribution >= 0.6 is 23.2 Å². The van der Waals surface area contributed by atoms with Crippen LogP contribution in [0.3, 0.4) is 0 Å². The summed E-state index contributed by atoms with van der Waals surface area (Å²) >= 11 is 17.5. The van der Waals surface area contributed by atoms with Crippen molar-refractivity contribution in [3.8, 4) is 0 Å². The molecule has 0 atom stereocenters. The second-order valence-electron chi connectivity index (χ2n) is 23.8. The molecule has 1 fully saturated rings. The SMILES string of the molecule is ClC1(Cl)C23c4c5c6c7c8c9c(c%10c%11c2c2c4c4c%12c5c5c6c6c8c8c%13c9c9c%10c%10c%11c%11c2c2c4c4c%12c%12c5c5c6c8c6c8c%13c9c9c%10c%10c%11c2c2c4c4c%12c5c6c5c8c9c%10c2c45)C713. The Morgan fingerprint density at radius 2 is 0.206 bits per heavy atom. The lowest BCUT2D eigenvalue weighted by Gasteiger charge is -2.31. The minimum atomic E-state index is -1.01. The first-order valence-corrected chi connectivity index (χ1v) is 24.1. The zero-order valence-electron chi connectivity index (χ0n) is 31.3. The van der Waals surface area contributed by atoms with E-state index in [1.165, 1.54) is 0 Å². The van der Waals surface area contributed by atoms with Crippen LogP contribution in [-0.2, 0) is 10.8 Å². The summed E-state index contributed by atoms with van der Waals surface area (Å²) in [5.41, 5.74) is 5.19. The lowest BCUT2D eigenvalue weighted by Crippen LogP contribution is -2.27. The molecule has 0 N–H and O–H groups in total. The molecule has 0 aromatic heterocycles. The molecule has 0 bridgehead atoms. The van der Waals surface area contributed by atoms with Crippen molar-refractivity contribution in [2.24, 2.45) is 0 Å². The van der Waals surface area contributed by atoms with E-state index in [1.54, 1.807) is 313 Å². The van der Waals surface area contributed by atoms with E-state index in [9.17, 15) is 0 Å². The summed E-state index contributed by atoms with van der Waals surface area (Å²) in [7, 11) is 0. The van der Waals surface area contributed by atoms with E-state index in [0.717, 1.165) is 0 Å². The second kappa shape index (κ2) is 4.69. The third-order valence-electron chi connectivity index (χ3n) is 24.2. The van der Waals surface area contributed by atoms with Gasteiger partial charge in [0.2, 0.25) is 0 Å². The van der Waals surface area contributed by atoms with Crippen LogP contribution in [0.1, 0.15) is 22.3 Å². The third kappa shape index (κ3) is 1.06. The topological polar surface area (TPSA) is 0 Å². The van der Waals surface area contributed by atoms with Crippen molar-refractivity contribution < 1.29 is 0 Å². The van der Waals surface area contributed by atoms with E-state index < -0.39 is 15.2 Å². The summed E-state index contributed by atoms with van der Waals surface area (Å²) in [6.45, 7) is 0. The van der Waals surface area contributed by atoms with E-state index in [-0.39, 0.29) is 0 Å². The van der Waals surface area contributed by atoms with Gasteiger partial charge in [0.25, 0.3) is 0 Å². The van der Waals surface area contributed by atoms with Crippen LogP contribution in [0.4, 0.5) is 0 Å². The summed E-state index contributed by atoms with van der Waals surface area (Å²) in [5.74, 6) is 0. The van der Waals surface area contributed by atoms with Gasteiger partial charge < -0.3 is 0 Å². The molecule has 63 heavy (non-hydrogen) atoms. The van der Waals surface area contributed by atoms with Crippen LogP contribution in [-0.4, -0.2) is 4.33 Å². The first-order chi connectivity index (χ1) is 31.2. The molecule has 0 saturated heterocycles. The van der Waals surface area contributed by atoms with Crippen molar-refractivity contribution in [1.29, 1.82) is 0 Å². The second-order valence-corrected chi connectivity index (χ2v) is 25.2. The molecule has 2 spiro atoms. The van der Waals surface area contributed by atoms with Crippen LogP contribution in [0.5, 0.6) is 0 Å². The molecule has 0 unspecified atom stereocenters. The van der Waals surface area contributed by atoms with Crippen molar-refractivity contribution in [2.75, 3.05) is 0 Å². The maximum absolute atomic E-state index is 8.76. The molecule has 0 aliphatic heterocycles. The maximum Gasteiger partial charge on any atom is 0.148 e. The average molecular weight is 804 g/mol. The van der Waals surface area contributed by atoms with Gasteiger partial charge in [0, 0.05) is 0 Å². The summed E-state index contributed by atoms with van der Waals surface area (Å²) in [6, 6.07) is 0. The van der Waals surface area contributed by atoms with Gasteiger partial charge in [-0.3, -0.25) is 0 Å². The number of rotatable bonds is 0. The minimum Gasteiger partial charge on any atom is -0.0988 e. The predicted molar refractivity (Wildman–Crippen MR) is 268 cm³/mol. The van der Waals surface area contributed by atoms with Gasteiger partial charge in [-0.1, -0.05) is 23.2 Å². The number of alkyl halides is 2. The fraction of sp³-hybridized carbons (Fsp3) is 0.0492. The monoisotopic (exact) mass is 802 g/mol. The van der Waals surface area contributed by atoms with Crippen LogP contribution in [0, 0.1) is 0 Å². The van der Waals surface area contributed by atoms with Gasteiger partial charge in [-0.05, 0) is 313 Å². The fourth-order valence-corrected chi connectivity index (χ4v) is 25.6. The first-order valence-electron chi connectivity index (χ1n) is 23.4. The van der Waals surface area contributed by atoms with Crippen LogP contribution < -0.4 is 0 Å². The van der Waals surface area contributed by atoms with Crippen LogP contribution in [0.15, 0.2) is 0 Å². The van der Waals surface area contributed by atoms with Crippen molar-refractivity contribution in [1.82, 2.24) is 0 Å². The van der Waals surface area contributed by atoms with Crippen LogP contribution in [0.2, 0.25) is 0 Å². The Bertz CT molecular complexity index is 6400. The molecule has 33 rings (SSSR count). The highest BCUT2D eigenvalue weighted by Gasteiger charge is 2.94. The first kappa shape index (κ1) is 22.4. The van der Waals surface area contributed by atoms with Crippen LogP contribution in [0.25, 0.3) is 291 Å². The minimum absolute atomic E-state index is 0.519. The van der Waals surface area contributed by atoms with Crippen molar-refractivity contribution in [3.05, 3.63) is 22.3 Å². The lowest BCUT2D eigenvalue weighted by molar-refractivity contribution is 0.731. The van der Waals surface area contributed by atoms with Gasteiger partial charge in [0.15, 0.2) is 0 Å². The Balaban J connectivity index is 1.30. The summed E-state index contributed by atoms with van der Waals surface area (Å²) in [4.78, 5) is 0. The third-order valence-corrected chi connectivity index (χ3v) is 25.3. The molecule has 5 aliphatic rings. The highest BCUT2D eigenvalue weighted by atomic mass is 35.5. The normalized spacial score (nSPS) is 21.2. The molecule has 5 aliphatic carbocycles. The molecule has 28 aromatic rings. The molecule has 2 heteroatoms. The standard InChI is InChI=1S/C61Cl2/c62-61(63)59-55-47-39-29-19-11-3-1-2-5-9-7(3)15-23-17(9)27-21-13(5)14-6(2)10-8-4(1)12(11)20-26-16(8)24-18(10)28-22(14)32-31(21)41-35(27)45-37(23)43(33(39)25(15)19)51(55)53(45)57-49(41)50-42(32)36(28)46-38(24)44-34(26)40(30(20)29)48(47)56(59)52(44)54(46)58(50)60(57,59)61. The Hall–Kier alpha value is -6.96. The lowest BCUT2D eigenvalue weighted by atomic mass is 9.68. The zero-order valence-corrected chi connectivity index (χ0v) is 32.8. The number of halogens is 2. The van der Waals surface area contributed by atoms with E-state index in [1.807, 2.05) is 0 Å². The van der Waals surface area contributed by atoms with Gasteiger partial charge in [0.1, 0.15) is 4.33 Å². The molecular formula is C61Cl2. The fourth-order valence-electron chi connectivity index (χ4n) is 24.4. The zero-order chi connectivity index (χ0) is 37.0. The quantitative estimate of drug-likeness (QED) is 0.106. The van der Waals surface area contributed by atoms with E-state index in [2.05, 4.69) is 0 Å². The summed E-state index contributed by atoms with van der Waals surface area (Å²) in [5, 5.41) is 86.9. The molecule has 0 heterocycles. The van der Waals surface area contributed by atoms with Gasteiger partial charge in [0.05, 0.1) is 10.8 Å². The number of hydrogen-bond acceptors (Lipinski definition) is 0. The Morgan fingerprint density at radius 1 is 0.127 bits per heavy atom. The van der Waals surface area contributed by atoms with Crippen molar-refractivity contribution in [3.63, 3.8) is 0 Å². The average Bonchev–Trinajstić information content (AvgIpc) is 4.12. The van der Waals surface area contributed by atoms with E-state index in [0.29, 0.717) is 0 Å². The summed E-state index contributed by atoms with van der Waals surface area (Å²) in [6.07, 6.45) is 0. The Kier molecular flexibility index (Phi) is 1.67. The van der Waals surface area contributed by atoms with Gasteiger partial charge in [-0.2, -0.15) is 0 Å². The highest BCUT2D eigenvalue weighted by Crippen LogP contribution is 2.95.